The van der Waals surface area contributed by atoms with E-state index in [9.17, 15) is 19.2 Å². The van der Waals surface area contributed by atoms with Crippen LogP contribution in [0.1, 0.15) is 63.7 Å². The van der Waals surface area contributed by atoms with Gasteiger partial charge in [0.05, 0.1) is 0 Å². The van der Waals surface area contributed by atoms with E-state index in [0.29, 0.717) is 59.0 Å². The second-order valence-electron chi connectivity index (χ2n) is 13.1. The minimum absolute atomic E-state index is 0.290. The molecule has 0 aromatic heterocycles. The van der Waals surface area contributed by atoms with E-state index in [1.54, 1.807) is 0 Å². The number of imide groups is 2. The van der Waals surface area contributed by atoms with Crippen molar-refractivity contribution < 1.29 is 19.2 Å². The third kappa shape index (κ3) is 3.99. The van der Waals surface area contributed by atoms with Crippen LogP contribution in [0.15, 0.2) is 97.1 Å². The lowest BCUT2D eigenvalue weighted by Gasteiger charge is -2.30. The molecule has 7 aromatic rings. The highest BCUT2D eigenvalue weighted by Crippen LogP contribution is 2.46. The van der Waals surface area contributed by atoms with Gasteiger partial charge in [0.25, 0.3) is 23.6 Å². The number of carbonyl (C=O) groups excluding carboxylic acids is 4. The van der Waals surface area contributed by atoms with Crippen molar-refractivity contribution in [3.63, 3.8) is 0 Å². The molecule has 2 aliphatic heterocycles. The molecule has 0 fully saturated rings. The Morgan fingerprint density at radius 2 is 0.750 bits per heavy atom. The summed E-state index contributed by atoms with van der Waals surface area (Å²) in [5.74, 6) is -1.16. The third-order valence-electron chi connectivity index (χ3n) is 10.2. The van der Waals surface area contributed by atoms with Gasteiger partial charge in [-0.3, -0.25) is 29.0 Å². The van der Waals surface area contributed by atoms with Gasteiger partial charge in [0.15, 0.2) is 0 Å². The molecule has 2 aliphatic rings. The zero-order chi connectivity index (χ0) is 32.8. The Morgan fingerprint density at radius 3 is 1.06 bits per heavy atom. The molecule has 9 rings (SSSR count). The third-order valence-corrected chi connectivity index (χ3v) is 10.2. The van der Waals surface area contributed by atoms with Gasteiger partial charge in [-0.2, -0.15) is 0 Å². The number of fused-ring (bicyclic) bond motifs is 2. The molecule has 0 spiro atoms. The van der Waals surface area contributed by atoms with Crippen LogP contribution in [0.4, 0.5) is 0 Å². The minimum atomic E-state index is -0.290. The molecule has 0 radical (unpaired) electrons. The highest BCUT2D eigenvalue weighted by Gasteiger charge is 2.36. The first-order valence-electron chi connectivity index (χ1n) is 16.3. The van der Waals surface area contributed by atoms with E-state index in [0.717, 1.165) is 54.6 Å². The summed E-state index contributed by atoms with van der Waals surface area (Å²) in [5.41, 5.74) is 6.48. The summed E-state index contributed by atoms with van der Waals surface area (Å²) in [5, 5.41) is 6.59. The standard InChI is InChI=1S/C42H30N2O4/c1-23-5-3-7-25(21-23)17-19-43-39(45)31-13-9-27-29-11-15-33-38-34(42(48)44(41(33)47)20-18-26-8-4-6-24(2)22-26)16-12-30(36(29)38)28-10-14-32(40(43)46)37(31)35(27)28/h3-16,21-22H,17-20H2,1-2H3. The van der Waals surface area contributed by atoms with Gasteiger partial charge in [-0.05, 0) is 94.4 Å². The number of aryl methyl sites for hydroxylation is 2. The summed E-state index contributed by atoms with van der Waals surface area (Å²) in [6, 6.07) is 31.3. The molecule has 6 nitrogen and oxygen atoms in total. The van der Waals surface area contributed by atoms with Crippen molar-refractivity contribution in [2.75, 3.05) is 13.1 Å². The zero-order valence-corrected chi connectivity index (χ0v) is 26.6. The molecule has 0 aliphatic carbocycles. The fourth-order valence-corrected chi connectivity index (χ4v) is 7.99. The summed E-state index contributed by atoms with van der Waals surface area (Å²) < 4.78 is 0. The molecule has 2 heterocycles. The van der Waals surface area contributed by atoms with E-state index < -0.39 is 0 Å². The number of amides is 4. The van der Waals surface area contributed by atoms with Crippen molar-refractivity contribution in [2.24, 2.45) is 0 Å². The number of carbonyl (C=O) groups is 4. The Hall–Kier alpha value is -5.88. The molecule has 0 N–H and O–H groups in total. The molecule has 232 valence electrons. The van der Waals surface area contributed by atoms with E-state index in [2.05, 4.69) is 12.1 Å². The maximum absolute atomic E-state index is 13.9. The fraction of sp³-hybridized carbons (Fsp3) is 0.143. The molecular formula is C42H30N2O4. The lowest BCUT2D eigenvalue weighted by atomic mass is 9.82. The largest absolute Gasteiger partial charge is 0.274 e. The second-order valence-corrected chi connectivity index (χ2v) is 13.1. The van der Waals surface area contributed by atoms with Crippen molar-refractivity contribution in [1.29, 1.82) is 0 Å². The summed E-state index contributed by atoms with van der Waals surface area (Å²) >= 11 is 0. The first-order chi connectivity index (χ1) is 23.3. The molecule has 0 saturated heterocycles. The predicted molar refractivity (Wildman–Crippen MR) is 188 cm³/mol. The Labute approximate surface area is 276 Å². The maximum Gasteiger partial charge on any atom is 0.261 e. The van der Waals surface area contributed by atoms with Gasteiger partial charge in [-0.25, -0.2) is 0 Å². The smallest absolute Gasteiger partial charge is 0.261 e. The maximum atomic E-state index is 13.9. The van der Waals surface area contributed by atoms with Gasteiger partial charge in [0, 0.05) is 46.1 Å². The molecule has 0 unspecified atom stereocenters. The van der Waals surface area contributed by atoms with Crippen molar-refractivity contribution in [3.05, 3.63) is 142 Å². The van der Waals surface area contributed by atoms with Gasteiger partial charge in [-0.1, -0.05) is 83.9 Å². The Balaban J connectivity index is 1.16. The summed E-state index contributed by atoms with van der Waals surface area (Å²) in [6.45, 7) is 4.65. The van der Waals surface area contributed by atoms with E-state index in [1.807, 2.05) is 98.8 Å². The van der Waals surface area contributed by atoms with E-state index >= 15 is 0 Å². The van der Waals surface area contributed by atoms with Gasteiger partial charge in [-0.15, -0.1) is 0 Å². The molecule has 48 heavy (non-hydrogen) atoms. The molecular weight excluding hydrogens is 596 g/mol. The zero-order valence-electron chi connectivity index (χ0n) is 26.6. The molecule has 7 aromatic carbocycles. The summed E-state index contributed by atoms with van der Waals surface area (Å²) in [6.07, 6.45) is 1.16. The van der Waals surface area contributed by atoms with Crippen LogP contribution >= 0.6 is 0 Å². The minimum Gasteiger partial charge on any atom is -0.274 e. The molecule has 0 bridgehead atoms. The number of benzene rings is 7. The van der Waals surface area contributed by atoms with Crippen LogP contribution in [-0.4, -0.2) is 46.5 Å². The summed E-state index contributed by atoms with van der Waals surface area (Å²) in [7, 11) is 0. The van der Waals surface area contributed by atoms with E-state index in [4.69, 9.17) is 0 Å². The van der Waals surface area contributed by atoms with Crippen LogP contribution < -0.4 is 0 Å². The van der Waals surface area contributed by atoms with Crippen LogP contribution in [0.25, 0.3) is 43.1 Å². The Kier molecular flexibility index (Phi) is 6.09. The molecule has 0 atom stereocenters. The number of rotatable bonds is 6. The van der Waals surface area contributed by atoms with Crippen molar-refractivity contribution >= 4 is 66.7 Å². The van der Waals surface area contributed by atoms with Gasteiger partial charge in [0.1, 0.15) is 0 Å². The topological polar surface area (TPSA) is 74.8 Å². The molecule has 0 saturated carbocycles. The van der Waals surface area contributed by atoms with Gasteiger partial charge in [0.2, 0.25) is 0 Å². The Bertz CT molecular complexity index is 2280. The van der Waals surface area contributed by atoms with Crippen LogP contribution in [0.3, 0.4) is 0 Å². The first kappa shape index (κ1) is 28.4. The normalized spacial score (nSPS) is 14.5. The number of hydrogen-bond acceptors (Lipinski definition) is 4. The SMILES string of the molecule is Cc1cccc(CCN2C(=O)c3ccc4c5ccc6c7c(ccc(c8ccc(c3c48)C2=O)c75)C(=O)N(CCc2cccc(C)c2)C6=O)c1. The van der Waals surface area contributed by atoms with Gasteiger partial charge >= 0.3 is 0 Å². The van der Waals surface area contributed by atoms with Crippen LogP contribution in [0.2, 0.25) is 0 Å². The van der Waals surface area contributed by atoms with Crippen molar-refractivity contribution in [2.45, 2.75) is 26.7 Å². The van der Waals surface area contributed by atoms with Crippen molar-refractivity contribution in [1.82, 2.24) is 9.80 Å². The Morgan fingerprint density at radius 1 is 0.417 bits per heavy atom. The number of nitrogens with zero attached hydrogens (tertiary/aromatic N) is 2. The summed E-state index contributed by atoms with van der Waals surface area (Å²) in [4.78, 5) is 58.3. The van der Waals surface area contributed by atoms with E-state index in [-0.39, 0.29) is 23.6 Å². The number of hydrogen-bond donors (Lipinski definition) is 0. The first-order valence-corrected chi connectivity index (χ1v) is 16.3. The van der Waals surface area contributed by atoms with Crippen LogP contribution in [-0.2, 0) is 12.8 Å². The van der Waals surface area contributed by atoms with Crippen LogP contribution in [0.5, 0.6) is 0 Å². The highest BCUT2D eigenvalue weighted by molar-refractivity contribution is 6.41. The lowest BCUT2D eigenvalue weighted by Crippen LogP contribution is -2.41. The second kappa shape index (κ2) is 10.3. The van der Waals surface area contributed by atoms with E-state index in [1.165, 1.54) is 9.80 Å². The van der Waals surface area contributed by atoms with Crippen LogP contribution in [0, 0.1) is 13.8 Å². The predicted octanol–water partition coefficient (Wildman–Crippen LogP) is 8.03. The fourth-order valence-electron chi connectivity index (χ4n) is 7.99. The van der Waals surface area contributed by atoms with Gasteiger partial charge < -0.3 is 0 Å². The van der Waals surface area contributed by atoms with Crippen molar-refractivity contribution in [3.8, 4) is 0 Å². The lowest BCUT2D eigenvalue weighted by molar-refractivity contribution is 0.0597. The highest BCUT2D eigenvalue weighted by atomic mass is 16.2. The molecule has 6 heteroatoms. The quantitative estimate of drug-likeness (QED) is 0.106. The average Bonchev–Trinajstić information content (AvgIpc) is 3.09. The average molecular weight is 627 g/mol. The monoisotopic (exact) mass is 626 g/mol. The molecule has 4 amide bonds.